The second kappa shape index (κ2) is 24.2. The van der Waals surface area contributed by atoms with Crippen molar-refractivity contribution < 1.29 is 0 Å². The monoisotopic (exact) mass is 1450 g/mol. The van der Waals surface area contributed by atoms with E-state index in [9.17, 15) is 0 Å². The largest absolute Gasteiger partial charge is 0.311 e. The number of benzene rings is 12. The minimum Gasteiger partial charge on any atom is -0.311 e. The Balaban J connectivity index is 0.947. The maximum Gasteiger partial charge on any atom is 0.252 e. The Morgan fingerprint density at radius 1 is 0.252 bits per heavy atom. The third-order valence-electron chi connectivity index (χ3n) is 26.3. The quantitative estimate of drug-likeness (QED) is 0.148. The Morgan fingerprint density at radius 3 is 1.00 bits per heavy atom. The highest BCUT2D eigenvalue weighted by Gasteiger charge is 2.47. The molecule has 2 aliphatic heterocycles. The first-order valence-corrected chi connectivity index (χ1v) is 41.0. The molecule has 0 spiro atoms. The number of aromatic nitrogens is 2. The van der Waals surface area contributed by atoms with Crippen LogP contribution in [0.15, 0.2) is 231 Å². The molecule has 0 bridgehead atoms. The zero-order chi connectivity index (χ0) is 78.3. The topological polar surface area (TPSA) is 16.3 Å². The first-order chi connectivity index (χ1) is 52.1. The Hall–Kier alpha value is -10.1. The summed E-state index contributed by atoms with van der Waals surface area (Å²) in [7, 11) is 0. The summed E-state index contributed by atoms with van der Waals surface area (Å²) in [6, 6.07) is 92.4. The fourth-order valence-corrected chi connectivity index (χ4v) is 20.6. The maximum atomic E-state index is 2.67. The maximum absolute atomic E-state index is 2.67. The van der Waals surface area contributed by atoms with Gasteiger partial charge in [0.25, 0.3) is 6.71 Å². The van der Waals surface area contributed by atoms with Crippen LogP contribution in [0.4, 0.5) is 34.1 Å². The Bertz CT molecular complexity index is 6080. The van der Waals surface area contributed by atoms with Gasteiger partial charge in [-0.25, -0.2) is 0 Å². The van der Waals surface area contributed by atoms with Crippen LogP contribution in [0.5, 0.6) is 0 Å². The van der Waals surface area contributed by atoms with Gasteiger partial charge in [0.15, 0.2) is 0 Å². The highest BCUT2D eigenvalue weighted by Crippen LogP contribution is 2.54. The molecule has 0 N–H and O–H groups in total. The van der Waals surface area contributed by atoms with Gasteiger partial charge in [-0.1, -0.05) is 287 Å². The summed E-state index contributed by atoms with van der Waals surface area (Å²) in [5.74, 6) is 0. The van der Waals surface area contributed by atoms with Crippen LogP contribution in [-0.2, 0) is 48.7 Å². The molecule has 0 atom stereocenters. The smallest absolute Gasteiger partial charge is 0.252 e. The number of hydrogen-bond donors (Lipinski definition) is 0. The van der Waals surface area contributed by atoms with E-state index in [0.29, 0.717) is 0 Å². The summed E-state index contributed by atoms with van der Waals surface area (Å²) < 4.78 is 5.17. The van der Waals surface area contributed by atoms with E-state index in [1.165, 1.54) is 149 Å². The van der Waals surface area contributed by atoms with Crippen molar-refractivity contribution in [2.24, 2.45) is 0 Å². The lowest BCUT2D eigenvalue weighted by molar-refractivity contribution is 0.402. The predicted octanol–water partition coefficient (Wildman–Crippen LogP) is 27.4. The van der Waals surface area contributed by atoms with Crippen molar-refractivity contribution in [2.75, 3.05) is 9.80 Å². The van der Waals surface area contributed by atoms with Gasteiger partial charge in [0.2, 0.25) is 0 Å². The second-order valence-corrected chi connectivity index (χ2v) is 41.5. The van der Waals surface area contributed by atoms with Gasteiger partial charge < -0.3 is 18.9 Å². The summed E-state index contributed by atoms with van der Waals surface area (Å²) in [5.41, 5.74) is 37.7. The summed E-state index contributed by atoms with van der Waals surface area (Å²) in [4.78, 5) is 5.31. The van der Waals surface area contributed by atoms with E-state index in [4.69, 9.17) is 0 Å². The van der Waals surface area contributed by atoms with E-state index in [1.807, 2.05) is 0 Å². The predicted molar refractivity (Wildman–Crippen MR) is 480 cm³/mol. The second-order valence-electron chi connectivity index (χ2n) is 41.5. The first kappa shape index (κ1) is 72.4. The van der Waals surface area contributed by atoms with Crippen LogP contribution in [0.25, 0.3) is 88.4 Å². The SMILES string of the molecule is CC(C)(C)c1cccc(-c2ccc3c(c2)B2c4ccc(-n5c6ccc(C(C)(C)C)cc6c6cc(C(C)(C)C)ccc65)cc4N(c4ccc(-c5ccc6c(c5)C(C)(C)CC6(C)C)cc4)c4cc(-n5c6ccc(C(C)(C)C)cc6c6cc(C(C)(C)C)ccc65)cc(c42)N3c2ccc(-c3ccc4c(c3)C(C)(C)CC4(C)C)cc2)c1. The van der Waals surface area contributed by atoms with Crippen molar-refractivity contribution in [3.63, 3.8) is 0 Å². The van der Waals surface area contributed by atoms with Gasteiger partial charge in [0.1, 0.15) is 0 Å². The fraction of sp³-hybridized carbons (Fsp3) is 0.321. The minimum atomic E-state index is -0.193. The van der Waals surface area contributed by atoms with Crippen LogP contribution in [-0.4, -0.2) is 15.8 Å². The lowest BCUT2D eigenvalue weighted by atomic mass is 9.33. The van der Waals surface area contributed by atoms with Gasteiger partial charge in [-0.3, -0.25) is 0 Å². The molecule has 18 rings (SSSR count). The molecule has 0 saturated carbocycles. The molecular weight excluding hydrogens is 1340 g/mol. The normalized spacial score (nSPS) is 16.2. The molecule has 558 valence electrons. The molecule has 0 saturated heterocycles. The molecule has 0 unspecified atom stereocenters. The third-order valence-corrected chi connectivity index (χ3v) is 26.3. The number of rotatable bonds is 7. The number of nitrogens with zero attached hydrogens (tertiary/aromatic N) is 4. The van der Waals surface area contributed by atoms with Crippen molar-refractivity contribution in [1.82, 2.24) is 9.13 Å². The molecule has 5 heteroatoms. The molecule has 4 heterocycles. The third kappa shape index (κ3) is 11.7. The van der Waals surface area contributed by atoms with E-state index < -0.39 is 0 Å². The number of hydrogen-bond acceptors (Lipinski definition) is 2. The van der Waals surface area contributed by atoms with Crippen LogP contribution in [0, 0.1) is 0 Å². The zero-order valence-electron chi connectivity index (χ0n) is 70.2. The van der Waals surface area contributed by atoms with Gasteiger partial charge >= 0.3 is 0 Å². The molecule has 0 fully saturated rings. The van der Waals surface area contributed by atoms with Crippen molar-refractivity contribution in [3.05, 3.63) is 281 Å². The van der Waals surface area contributed by atoms with Gasteiger partial charge in [-0.05, 0) is 265 Å². The Morgan fingerprint density at radius 2 is 0.586 bits per heavy atom. The Kier molecular flexibility index (Phi) is 15.8. The highest BCUT2D eigenvalue weighted by molar-refractivity contribution is 7.00. The number of anilines is 6. The average Bonchev–Trinajstić information content (AvgIpc) is 1.33. The van der Waals surface area contributed by atoms with Crippen molar-refractivity contribution in [2.45, 2.75) is 221 Å². The standard InChI is InChI=1S/C106H111BN4/c1-98(2,3)70-26-24-25-66(51-70)69-33-46-93-88(54-69)107-87-45-42-77(110-89-47-34-71(99(4,5)6)55-79(89)80-56-72(100(7,8)9)35-48-90(80)110)59-94(87)109(76-40-29-65(30-41-76)68-32-44-84-86(53-68)106(22,23)63-104(84,18)19)96-61-78(111-91-49-36-73(101(10,11)12)57-81(91)82-58-74(102(13,14)15)37-50-92(82)111)60-95(97(96)107)108(93)75-38-27-64(28-39-75)67-31-43-83-85(52-67)105(20,21)62-103(83,16)17/h24-61H,62-63H2,1-23H3. The molecule has 12 aromatic carbocycles. The van der Waals surface area contributed by atoms with E-state index in [2.05, 4.69) is 409 Å². The van der Waals surface area contributed by atoms with Gasteiger partial charge in [0, 0.05) is 61.4 Å². The van der Waals surface area contributed by atoms with E-state index >= 15 is 0 Å². The van der Waals surface area contributed by atoms with Crippen LogP contribution in [0.3, 0.4) is 0 Å². The van der Waals surface area contributed by atoms with Gasteiger partial charge in [-0.15, -0.1) is 0 Å². The fourth-order valence-electron chi connectivity index (χ4n) is 20.6. The lowest BCUT2D eigenvalue weighted by Crippen LogP contribution is -2.61. The highest BCUT2D eigenvalue weighted by atomic mass is 15.2. The van der Waals surface area contributed by atoms with Crippen molar-refractivity contribution >= 4 is 101 Å². The molecule has 111 heavy (non-hydrogen) atoms. The molecule has 0 amide bonds. The lowest BCUT2D eigenvalue weighted by Gasteiger charge is -2.44. The van der Waals surface area contributed by atoms with Gasteiger partial charge in [-0.2, -0.15) is 0 Å². The van der Waals surface area contributed by atoms with E-state index in [1.54, 1.807) is 0 Å². The molecular formula is C106H111BN4. The number of fused-ring (bicyclic) bond motifs is 12. The molecule has 2 aliphatic carbocycles. The van der Waals surface area contributed by atoms with Crippen LogP contribution >= 0.6 is 0 Å². The molecule has 2 aromatic heterocycles. The van der Waals surface area contributed by atoms with Crippen LogP contribution in [0.2, 0.25) is 0 Å². The van der Waals surface area contributed by atoms with Crippen molar-refractivity contribution in [3.8, 4) is 44.8 Å². The van der Waals surface area contributed by atoms with Crippen LogP contribution < -0.4 is 26.2 Å². The first-order valence-electron chi connectivity index (χ1n) is 41.0. The summed E-state index contributed by atoms with van der Waals surface area (Å²) in [6.45, 7) is 54.4. The van der Waals surface area contributed by atoms with Gasteiger partial charge in [0.05, 0.1) is 27.8 Å². The summed E-state index contributed by atoms with van der Waals surface area (Å²) >= 11 is 0. The van der Waals surface area contributed by atoms with Crippen LogP contribution in [0.1, 0.15) is 222 Å². The Labute approximate surface area is 661 Å². The van der Waals surface area contributed by atoms with E-state index in [-0.39, 0.29) is 55.4 Å². The van der Waals surface area contributed by atoms with E-state index in [0.717, 1.165) is 52.7 Å². The average molecular weight is 1450 g/mol. The minimum absolute atomic E-state index is 0.0392. The molecule has 14 aromatic rings. The molecule has 4 aliphatic rings. The molecule has 4 nitrogen and oxygen atoms in total. The molecule has 0 radical (unpaired) electrons. The summed E-state index contributed by atoms with van der Waals surface area (Å²) in [6.07, 6.45) is 2.25. The van der Waals surface area contributed by atoms with Crippen molar-refractivity contribution in [1.29, 1.82) is 0 Å². The summed E-state index contributed by atoms with van der Waals surface area (Å²) in [5, 5.41) is 5.09. The zero-order valence-corrected chi connectivity index (χ0v) is 70.2.